The monoisotopic (exact) mass is 437 g/mol. The minimum atomic E-state index is -0.559. The zero-order valence-corrected chi connectivity index (χ0v) is 18.3. The van der Waals surface area contributed by atoms with Crippen LogP contribution in [-0.4, -0.2) is 35.7 Å². The summed E-state index contributed by atoms with van der Waals surface area (Å²) >= 11 is 6.23. The molecule has 3 amide bonds. The Morgan fingerprint density at radius 1 is 0.903 bits per heavy atom. The van der Waals surface area contributed by atoms with Crippen LogP contribution in [-0.2, 0) is 9.59 Å². The number of hydrogen-bond donors (Lipinski definition) is 1. The summed E-state index contributed by atoms with van der Waals surface area (Å²) in [5, 5.41) is 2.80. The summed E-state index contributed by atoms with van der Waals surface area (Å²) < 4.78 is 0. The fraction of sp³-hybridized carbons (Fsp3) is 0.292. The van der Waals surface area contributed by atoms with Gasteiger partial charge in [-0.15, -0.1) is 0 Å². The second kappa shape index (κ2) is 8.55. The van der Waals surface area contributed by atoms with Crippen molar-refractivity contribution in [2.45, 2.75) is 33.1 Å². The van der Waals surface area contributed by atoms with Crippen LogP contribution in [0.1, 0.15) is 40.7 Å². The quantitative estimate of drug-likeness (QED) is 0.721. The van der Waals surface area contributed by atoms with Gasteiger partial charge in [0.25, 0.3) is 17.7 Å². The van der Waals surface area contributed by atoms with Crippen molar-refractivity contribution in [2.24, 2.45) is 0 Å². The Labute approximate surface area is 186 Å². The second-order valence-electron chi connectivity index (χ2n) is 8.04. The fourth-order valence-electron chi connectivity index (χ4n) is 4.05. The highest BCUT2D eigenvalue weighted by molar-refractivity contribution is 6.53. The first kappa shape index (κ1) is 21.1. The van der Waals surface area contributed by atoms with E-state index in [4.69, 9.17) is 11.6 Å². The highest BCUT2D eigenvalue weighted by Gasteiger charge is 2.39. The number of imide groups is 1. The third kappa shape index (κ3) is 4.21. The predicted molar refractivity (Wildman–Crippen MR) is 121 cm³/mol. The van der Waals surface area contributed by atoms with Crippen LogP contribution in [0, 0.1) is 13.8 Å². The summed E-state index contributed by atoms with van der Waals surface area (Å²) in [6.45, 7) is 5.38. The van der Waals surface area contributed by atoms with E-state index in [1.54, 1.807) is 36.4 Å². The standard InChI is InChI=1S/C24H24ClN3O3/c1-15-12-16(2)14-19(13-15)28-23(30)20(25)21(24(28)31)26-18-8-6-17(7-9-18)22(29)27-10-4-3-5-11-27/h6-9,12-14,26H,3-5,10-11H2,1-2H3. The third-order valence-corrected chi connectivity index (χ3v) is 5.89. The Hall–Kier alpha value is -3.12. The van der Waals surface area contributed by atoms with E-state index in [2.05, 4.69) is 5.32 Å². The minimum Gasteiger partial charge on any atom is -0.350 e. The SMILES string of the molecule is Cc1cc(C)cc(N2C(=O)C(Cl)=C(Nc3ccc(C(=O)N4CCCCC4)cc3)C2=O)c1. The van der Waals surface area contributed by atoms with E-state index in [0.29, 0.717) is 16.9 Å². The van der Waals surface area contributed by atoms with E-state index in [0.717, 1.165) is 48.4 Å². The number of amides is 3. The maximum Gasteiger partial charge on any atom is 0.283 e. The minimum absolute atomic E-state index is 0.0108. The molecule has 2 heterocycles. The molecular weight excluding hydrogens is 414 g/mol. The molecule has 0 aliphatic carbocycles. The molecule has 2 aliphatic rings. The van der Waals surface area contributed by atoms with Crippen molar-refractivity contribution in [2.75, 3.05) is 23.3 Å². The lowest BCUT2D eigenvalue weighted by Gasteiger charge is -2.26. The van der Waals surface area contributed by atoms with Crippen molar-refractivity contribution < 1.29 is 14.4 Å². The predicted octanol–water partition coefficient (Wildman–Crippen LogP) is 4.37. The van der Waals surface area contributed by atoms with E-state index in [9.17, 15) is 14.4 Å². The van der Waals surface area contributed by atoms with Crippen molar-refractivity contribution in [3.63, 3.8) is 0 Å². The molecule has 0 aromatic heterocycles. The van der Waals surface area contributed by atoms with Crippen LogP contribution < -0.4 is 10.2 Å². The first-order valence-corrected chi connectivity index (χ1v) is 10.8. The van der Waals surface area contributed by atoms with Gasteiger partial charge in [-0.05, 0) is 80.6 Å². The topological polar surface area (TPSA) is 69.7 Å². The molecule has 7 heteroatoms. The molecule has 2 aromatic rings. The number of carbonyl (C=O) groups is 3. The summed E-state index contributed by atoms with van der Waals surface area (Å²) in [7, 11) is 0. The fourth-order valence-corrected chi connectivity index (χ4v) is 4.26. The van der Waals surface area contributed by atoms with E-state index in [1.165, 1.54) is 0 Å². The maximum absolute atomic E-state index is 13.0. The number of aryl methyl sites for hydroxylation is 2. The summed E-state index contributed by atoms with van der Waals surface area (Å²) in [6, 6.07) is 12.4. The molecule has 0 atom stereocenters. The number of carbonyl (C=O) groups excluding carboxylic acids is 3. The highest BCUT2D eigenvalue weighted by atomic mass is 35.5. The number of nitrogens with zero attached hydrogens (tertiary/aromatic N) is 2. The van der Waals surface area contributed by atoms with Crippen molar-refractivity contribution >= 4 is 40.7 Å². The van der Waals surface area contributed by atoms with Gasteiger partial charge in [0, 0.05) is 24.3 Å². The first-order valence-electron chi connectivity index (χ1n) is 10.4. The number of likely N-dealkylation sites (tertiary alicyclic amines) is 1. The van der Waals surface area contributed by atoms with Gasteiger partial charge >= 0.3 is 0 Å². The van der Waals surface area contributed by atoms with Gasteiger partial charge in [-0.25, -0.2) is 4.90 Å². The molecule has 2 aromatic carbocycles. The molecule has 1 saturated heterocycles. The second-order valence-corrected chi connectivity index (χ2v) is 8.41. The molecule has 0 radical (unpaired) electrons. The lowest BCUT2D eigenvalue weighted by Crippen LogP contribution is -2.35. The van der Waals surface area contributed by atoms with Gasteiger partial charge in [-0.2, -0.15) is 0 Å². The number of anilines is 2. The van der Waals surface area contributed by atoms with Gasteiger partial charge in [0.15, 0.2) is 0 Å². The van der Waals surface area contributed by atoms with Crippen LogP contribution >= 0.6 is 11.6 Å². The number of rotatable bonds is 4. The lowest BCUT2D eigenvalue weighted by molar-refractivity contribution is -0.120. The van der Waals surface area contributed by atoms with E-state index in [1.807, 2.05) is 24.8 Å². The number of nitrogens with one attached hydrogen (secondary N) is 1. The van der Waals surface area contributed by atoms with E-state index >= 15 is 0 Å². The molecule has 160 valence electrons. The van der Waals surface area contributed by atoms with Gasteiger partial charge < -0.3 is 10.2 Å². The Morgan fingerprint density at radius 2 is 1.52 bits per heavy atom. The van der Waals surface area contributed by atoms with Gasteiger partial charge in [0.2, 0.25) is 0 Å². The van der Waals surface area contributed by atoms with Crippen LogP contribution in [0.5, 0.6) is 0 Å². The zero-order valence-electron chi connectivity index (χ0n) is 17.6. The van der Waals surface area contributed by atoms with Crippen LogP contribution in [0.15, 0.2) is 53.2 Å². The summed E-state index contributed by atoms with van der Waals surface area (Å²) in [5.41, 5.74) is 3.58. The maximum atomic E-state index is 13.0. The van der Waals surface area contributed by atoms with Crippen LogP contribution in [0.25, 0.3) is 0 Å². The molecular formula is C24H24ClN3O3. The normalized spacial score (nSPS) is 16.9. The van der Waals surface area contributed by atoms with Crippen molar-refractivity contribution in [3.8, 4) is 0 Å². The molecule has 0 spiro atoms. The molecule has 0 unspecified atom stereocenters. The number of benzene rings is 2. The summed E-state index contributed by atoms with van der Waals surface area (Å²) in [6.07, 6.45) is 3.23. The lowest BCUT2D eigenvalue weighted by atomic mass is 10.1. The molecule has 6 nitrogen and oxygen atoms in total. The Bertz CT molecular complexity index is 1070. The number of halogens is 1. The van der Waals surface area contributed by atoms with E-state index < -0.39 is 11.8 Å². The first-order chi connectivity index (χ1) is 14.8. The molecule has 0 bridgehead atoms. The Morgan fingerprint density at radius 3 is 2.13 bits per heavy atom. The largest absolute Gasteiger partial charge is 0.350 e. The molecule has 4 rings (SSSR count). The zero-order chi connectivity index (χ0) is 22.1. The molecule has 0 saturated carbocycles. The summed E-state index contributed by atoms with van der Waals surface area (Å²) in [5.74, 6) is -1.05. The van der Waals surface area contributed by atoms with Crippen molar-refractivity contribution in [1.82, 2.24) is 4.90 Å². The highest BCUT2D eigenvalue weighted by Crippen LogP contribution is 2.31. The average molecular weight is 438 g/mol. The van der Waals surface area contributed by atoms with Gasteiger partial charge in [0.05, 0.1) is 5.69 Å². The number of piperidine rings is 1. The van der Waals surface area contributed by atoms with E-state index in [-0.39, 0.29) is 16.6 Å². The van der Waals surface area contributed by atoms with Gasteiger partial charge in [-0.1, -0.05) is 17.7 Å². The van der Waals surface area contributed by atoms with Crippen molar-refractivity contribution in [1.29, 1.82) is 0 Å². The molecule has 31 heavy (non-hydrogen) atoms. The molecule has 1 N–H and O–H groups in total. The molecule has 1 fully saturated rings. The average Bonchev–Trinajstić information content (AvgIpc) is 2.97. The van der Waals surface area contributed by atoms with Crippen LogP contribution in [0.3, 0.4) is 0 Å². The van der Waals surface area contributed by atoms with Crippen LogP contribution in [0.2, 0.25) is 0 Å². The van der Waals surface area contributed by atoms with Gasteiger partial charge in [-0.3, -0.25) is 14.4 Å². The van der Waals surface area contributed by atoms with Crippen molar-refractivity contribution in [3.05, 3.63) is 69.9 Å². The smallest absolute Gasteiger partial charge is 0.283 e. The van der Waals surface area contributed by atoms with Crippen LogP contribution in [0.4, 0.5) is 11.4 Å². The number of hydrogen-bond acceptors (Lipinski definition) is 4. The Kier molecular flexibility index (Phi) is 5.83. The summed E-state index contributed by atoms with van der Waals surface area (Å²) in [4.78, 5) is 41.2. The molecule has 2 aliphatic heterocycles. The van der Waals surface area contributed by atoms with Gasteiger partial charge in [0.1, 0.15) is 10.7 Å². The Balaban J connectivity index is 1.51. The third-order valence-electron chi connectivity index (χ3n) is 5.54.